The molecule has 1 heterocycles. The van der Waals surface area contributed by atoms with E-state index in [0.29, 0.717) is 5.02 Å². The van der Waals surface area contributed by atoms with Crippen molar-refractivity contribution in [3.8, 4) is 0 Å². The SMILES string of the molecule is CC(NC(=O)C1CCCN1c1ccccc1)c1ccccc1Cl. The number of anilines is 1. The maximum Gasteiger partial charge on any atom is 0.243 e. The fraction of sp³-hybridized carbons (Fsp3) is 0.316. The maximum atomic E-state index is 12.7. The van der Waals surface area contributed by atoms with Crippen LogP contribution in [0.15, 0.2) is 54.6 Å². The van der Waals surface area contributed by atoms with Gasteiger partial charge in [0.2, 0.25) is 5.91 Å². The zero-order valence-corrected chi connectivity index (χ0v) is 14.0. The number of carbonyl (C=O) groups excluding carboxylic acids is 1. The third-order valence-corrected chi connectivity index (χ3v) is 4.72. The minimum absolute atomic E-state index is 0.0683. The van der Waals surface area contributed by atoms with Crippen molar-refractivity contribution in [3.05, 3.63) is 65.2 Å². The van der Waals surface area contributed by atoms with Gasteiger partial charge in [-0.05, 0) is 43.5 Å². The molecule has 2 atom stereocenters. The van der Waals surface area contributed by atoms with E-state index < -0.39 is 0 Å². The van der Waals surface area contributed by atoms with Crippen molar-refractivity contribution >= 4 is 23.2 Å². The second kappa shape index (κ2) is 7.05. The molecule has 23 heavy (non-hydrogen) atoms. The number of hydrogen-bond donors (Lipinski definition) is 1. The number of nitrogens with one attached hydrogen (secondary N) is 1. The molecular weight excluding hydrogens is 308 g/mol. The Balaban J connectivity index is 1.71. The lowest BCUT2D eigenvalue weighted by atomic mass is 10.1. The van der Waals surface area contributed by atoms with Gasteiger partial charge in [-0.25, -0.2) is 0 Å². The number of benzene rings is 2. The highest BCUT2D eigenvalue weighted by atomic mass is 35.5. The average Bonchev–Trinajstić information content (AvgIpc) is 3.05. The van der Waals surface area contributed by atoms with Gasteiger partial charge in [0.05, 0.1) is 6.04 Å². The monoisotopic (exact) mass is 328 g/mol. The van der Waals surface area contributed by atoms with E-state index in [1.54, 1.807) is 0 Å². The highest BCUT2D eigenvalue weighted by Gasteiger charge is 2.31. The summed E-state index contributed by atoms with van der Waals surface area (Å²) < 4.78 is 0. The lowest BCUT2D eigenvalue weighted by Crippen LogP contribution is -2.44. The Morgan fingerprint density at radius 3 is 2.61 bits per heavy atom. The van der Waals surface area contributed by atoms with Gasteiger partial charge < -0.3 is 10.2 Å². The van der Waals surface area contributed by atoms with E-state index >= 15 is 0 Å². The van der Waals surface area contributed by atoms with Gasteiger partial charge in [-0.15, -0.1) is 0 Å². The van der Waals surface area contributed by atoms with E-state index in [-0.39, 0.29) is 18.0 Å². The topological polar surface area (TPSA) is 32.3 Å². The highest BCUT2D eigenvalue weighted by Crippen LogP contribution is 2.27. The molecule has 0 bridgehead atoms. The second-order valence-electron chi connectivity index (χ2n) is 5.94. The van der Waals surface area contributed by atoms with Gasteiger partial charge in [0.1, 0.15) is 6.04 Å². The van der Waals surface area contributed by atoms with Crippen molar-refractivity contribution in [2.75, 3.05) is 11.4 Å². The van der Waals surface area contributed by atoms with Crippen LogP contribution in [0.3, 0.4) is 0 Å². The minimum atomic E-state index is -0.109. The van der Waals surface area contributed by atoms with Crippen LogP contribution < -0.4 is 10.2 Å². The molecule has 2 aromatic rings. The first-order valence-corrected chi connectivity index (χ1v) is 8.41. The number of para-hydroxylation sites is 1. The third kappa shape index (κ3) is 3.50. The quantitative estimate of drug-likeness (QED) is 0.912. The molecule has 1 aliphatic rings. The molecule has 0 aromatic heterocycles. The van der Waals surface area contributed by atoms with E-state index in [0.717, 1.165) is 30.6 Å². The molecular formula is C19H21ClN2O. The molecule has 0 spiro atoms. The zero-order valence-electron chi connectivity index (χ0n) is 13.2. The Bertz CT molecular complexity index is 674. The number of hydrogen-bond acceptors (Lipinski definition) is 2. The Morgan fingerprint density at radius 2 is 1.87 bits per heavy atom. The number of carbonyl (C=O) groups is 1. The van der Waals surface area contributed by atoms with Gasteiger partial charge in [-0.2, -0.15) is 0 Å². The predicted octanol–water partition coefficient (Wildman–Crippen LogP) is 4.19. The average molecular weight is 329 g/mol. The van der Waals surface area contributed by atoms with Crippen LogP contribution in [0, 0.1) is 0 Å². The molecule has 0 radical (unpaired) electrons. The van der Waals surface area contributed by atoms with Gasteiger partial charge in [0, 0.05) is 17.3 Å². The molecule has 3 nitrogen and oxygen atoms in total. The highest BCUT2D eigenvalue weighted by molar-refractivity contribution is 6.31. The second-order valence-corrected chi connectivity index (χ2v) is 6.35. The van der Waals surface area contributed by atoms with E-state index in [4.69, 9.17) is 11.6 Å². The summed E-state index contributed by atoms with van der Waals surface area (Å²) in [6.07, 6.45) is 1.92. The van der Waals surface area contributed by atoms with Crippen LogP contribution in [-0.4, -0.2) is 18.5 Å². The maximum absolute atomic E-state index is 12.7. The minimum Gasteiger partial charge on any atom is -0.360 e. The van der Waals surface area contributed by atoms with Crippen LogP contribution in [0.1, 0.15) is 31.4 Å². The molecule has 1 aliphatic heterocycles. The van der Waals surface area contributed by atoms with E-state index in [1.807, 2.05) is 49.4 Å². The van der Waals surface area contributed by atoms with Crippen LogP contribution in [0.4, 0.5) is 5.69 Å². The Hall–Kier alpha value is -2.00. The summed E-state index contributed by atoms with van der Waals surface area (Å²) in [5.41, 5.74) is 2.06. The van der Waals surface area contributed by atoms with Gasteiger partial charge in [0.15, 0.2) is 0 Å². The molecule has 120 valence electrons. The summed E-state index contributed by atoms with van der Waals surface area (Å²) in [5.74, 6) is 0.0683. The van der Waals surface area contributed by atoms with Gasteiger partial charge in [0.25, 0.3) is 0 Å². The number of nitrogens with zero attached hydrogens (tertiary/aromatic N) is 1. The molecule has 4 heteroatoms. The molecule has 2 unspecified atom stereocenters. The van der Waals surface area contributed by atoms with Crippen molar-refractivity contribution < 1.29 is 4.79 Å². The fourth-order valence-electron chi connectivity index (χ4n) is 3.18. The lowest BCUT2D eigenvalue weighted by Gasteiger charge is -2.27. The summed E-state index contributed by atoms with van der Waals surface area (Å²) in [6.45, 7) is 2.89. The summed E-state index contributed by atoms with van der Waals surface area (Å²) in [4.78, 5) is 14.9. The van der Waals surface area contributed by atoms with Gasteiger partial charge >= 0.3 is 0 Å². The number of rotatable bonds is 4. The first-order chi connectivity index (χ1) is 11.2. The standard InChI is InChI=1S/C19H21ClN2O/c1-14(16-10-5-6-11-17(16)20)21-19(23)18-12-7-13-22(18)15-8-3-2-4-9-15/h2-6,8-11,14,18H,7,12-13H2,1H3,(H,21,23). The molecule has 1 saturated heterocycles. The molecule has 1 N–H and O–H groups in total. The molecule has 0 saturated carbocycles. The van der Waals surface area contributed by atoms with Gasteiger partial charge in [-0.3, -0.25) is 4.79 Å². The van der Waals surface area contributed by atoms with Crippen molar-refractivity contribution in [1.29, 1.82) is 0 Å². The summed E-state index contributed by atoms with van der Waals surface area (Å²) >= 11 is 6.23. The molecule has 2 aromatic carbocycles. The van der Waals surface area contributed by atoms with Crippen molar-refractivity contribution in [1.82, 2.24) is 5.32 Å². The van der Waals surface area contributed by atoms with E-state index in [1.165, 1.54) is 0 Å². The lowest BCUT2D eigenvalue weighted by molar-refractivity contribution is -0.122. The van der Waals surface area contributed by atoms with Crippen LogP contribution in [0.25, 0.3) is 0 Å². The fourth-order valence-corrected chi connectivity index (χ4v) is 3.48. The molecule has 1 fully saturated rings. The molecule has 1 amide bonds. The molecule has 3 rings (SSSR count). The summed E-state index contributed by atoms with van der Waals surface area (Å²) in [5, 5.41) is 3.80. The third-order valence-electron chi connectivity index (χ3n) is 4.37. The summed E-state index contributed by atoms with van der Waals surface area (Å²) in [6, 6.07) is 17.6. The van der Waals surface area contributed by atoms with Crippen LogP contribution in [0.2, 0.25) is 5.02 Å². The van der Waals surface area contributed by atoms with E-state index in [9.17, 15) is 4.79 Å². The Morgan fingerprint density at radius 1 is 1.17 bits per heavy atom. The van der Waals surface area contributed by atoms with Crippen LogP contribution >= 0.6 is 11.6 Å². The summed E-state index contributed by atoms with van der Waals surface area (Å²) in [7, 11) is 0. The largest absolute Gasteiger partial charge is 0.360 e. The smallest absolute Gasteiger partial charge is 0.243 e. The number of amides is 1. The molecule has 0 aliphatic carbocycles. The predicted molar refractivity (Wildman–Crippen MR) is 94.8 cm³/mol. The van der Waals surface area contributed by atoms with Crippen LogP contribution in [0.5, 0.6) is 0 Å². The first kappa shape index (κ1) is 15.9. The van der Waals surface area contributed by atoms with E-state index in [2.05, 4.69) is 22.3 Å². The van der Waals surface area contributed by atoms with Crippen molar-refractivity contribution in [3.63, 3.8) is 0 Å². The normalized spacial score (nSPS) is 18.7. The first-order valence-electron chi connectivity index (χ1n) is 8.03. The van der Waals surface area contributed by atoms with Gasteiger partial charge in [-0.1, -0.05) is 48.0 Å². The van der Waals surface area contributed by atoms with Crippen molar-refractivity contribution in [2.45, 2.75) is 31.8 Å². The number of halogens is 1. The zero-order chi connectivity index (χ0) is 16.2. The Kier molecular flexibility index (Phi) is 4.87. The Labute approximate surface area is 142 Å². The van der Waals surface area contributed by atoms with Crippen molar-refractivity contribution in [2.24, 2.45) is 0 Å². The van der Waals surface area contributed by atoms with Crippen LogP contribution in [-0.2, 0) is 4.79 Å².